The Morgan fingerprint density at radius 1 is 0.944 bits per heavy atom. The molecule has 0 radical (unpaired) electrons. The highest BCUT2D eigenvalue weighted by Gasteiger charge is 2.17. The van der Waals surface area contributed by atoms with Crippen LogP contribution in [0.2, 0.25) is 0 Å². The first-order valence-corrected chi connectivity index (χ1v) is 11.9. The van der Waals surface area contributed by atoms with Crippen molar-refractivity contribution in [2.24, 2.45) is 5.92 Å². The highest BCUT2D eigenvalue weighted by atomic mass is 19.1. The Labute approximate surface area is 209 Å². The van der Waals surface area contributed by atoms with E-state index in [4.69, 9.17) is 15.1 Å². The summed E-state index contributed by atoms with van der Waals surface area (Å²) < 4.78 is 13.2. The number of hydrogen-bond acceptors (Lipinski definition) is 4. The molecule has 0 saturated carbocycles. The predicted molar refractivity (Wildman–Crippen MR) is 137 cm³/mol. The molecule has 184 valence electrons. The smallest absolute Gasteiger partial charge is 0.303 e. The largest absolute Gasteiger partial charge is 0.481 e. The van der Waals surface area contributed by atoms with E-state index < -0.39 is 5.97 Å². The van der Waals surface area contributed by atoms with Gasteiger partial charge in [-0.25, -0.2) is 14.4 Å². The van der Waals surface area contributed by atoms with Gasteiger partial charge in [0.25, 0.3) is 5.91 Å². The number of carboxylic acid groups (broad SMARTS) is 1. The topological polar surface area (TPSA) is 92.2 Å². The molecule has 0 aliphatic rings. The first-order chi connectivity index (χ1) is 17.3. The summed E-state index contributed by atoms with van der Waals surface area (Å²) in [5, 5.41) is 12.0. The second kappa shape index (κ2) is 11.1. The van der Waals surface area contributed by atoms with Crippen molar-refractivity contribution in [3.8, 4) is 11.3 Å². The molecule has 0 aliphatic heterocycles. The monoisotopic (exact) mass is 485 g/mol. The Morgan fingerprint density at radius 3 is 2.36 bits per heavy atom. The van der Waals surface area contributed by atoms with Gasteiger partial charge in [-0.05, 0) is 61.6 Å². The van der Waals surface area contributed by atoms with Crippen LogP contribution >= 0.6 is 0 Å². The Morgan fingerprint density at radius 2 is 1.67 bits per heavy atom. The number of benzene rings is 3. The molecular weight excluding hydrogens is 457 g/mol. The zero-order valence-electron chi connectivity index (χ0n) is 20.2. The third-order valence-electron chi connectivity index (χ3n) is 6.16. The van der Waals surface area contributed by atoms with Crippen LogP contribution in [-0.4, -0.2) is 27.0 Å². The van der Waals surface area contributed by atoms with Crippen LogP contribution in [0.1, 0.15) is 54.3 Å². The second-order valence-corrected chi connectivity index (χ2v) is 9.08. The summed E-state index contributed by atoms with van der Waals surface area (Å²) in [6.07, 6.45) is 1.32. The van der Waals surface area contributed by atoms with Crippen LogP contribution in [0.25, 0.3) is 22.3 Å². The fraction of sp³-hybridized carbons (Fsp3) is 0.241. The third kappa shape index (κ3) is 6.10. The van der Waals surface area contributed by atoms with Crippen LogP contribution in [0, 0.1) is 11.7 Å². The Kier molecular flexibility index (Phi) is 7.68. The van der Waals surface area contributed by atoms with Crippen molar-refractivity contribution in [1.82, 2.24) is 15.3 Å². The molecule has 7 heteroatoms. The van der Waals surface area contributed by atoms with E-state index in [9.17, 15) is 14.0 Å². The zero-order chi connectivity index (χ0) is 25.7. The SMILES string of the molecule is C[C@@H](CCc1nc2cc(C(=O)N[C@H](C)c3ccc(F)cc3)ccc2nc1-c1ccccc1)CC(=O)O. The Hall–Kier alpha value is -4.13. The fourth-order valence-electron chi connectivity index (χ4n) is 4.13. The van der Waals surface area contributed by atoms with E-state index in [0.717, 1.165) is 22.5 Å². The molecule has 0 bridgehead atoms. The van der Waals surface area contributed by atoms with Crippen molar-refractivity contribution in [3.63, 3.8) is 0 Å². The summed E-state index contributed by atoms with van der Waals surface area (Å²) in [4.78, 5) is 33.7. The zero-order valence-corrected chi connectivity index (χ0v) is 20.2. The van der Waals surface area contributed by atoms with E-state index in [2.05, 4.69) is 5.32 Å². The van der Waals surface area contributed by atoms with Gasteiger partial charge in [-0.15, -0.1) is 0 Å². The molecule has 1 heterocycles. The predicted octanol–water partition coefficient (Wildman–Crippen LogP) is 5.97. The molecule has 1 amide bonds. The lowest BCUT2D eigenvalue weighted by molar-refractivity contribution is -0.138. The fourth-order valence-corrected chi connectivity index (χ4v) is 4.13. The van der Waals surface area contributed by atoms with Gasteiger partial charge in [-0.1, -0.05) is 49.4 Å². The molecule has 6 nitrogen and oxygen atoms in total. The maximum atomic E-state index is 13.2. The number of aryl methyl sites for hydroxylation is 1. The van der Waals surface area contributed by atoms with E-state index in [-0.39, 0.29) is 30.1 Å². The maximum Gasteiger partial charge on any atom is 0.303 e. The number of carbonyl (C=O) groups is 2. The molecule has 3 aromatic carbocycles. The average Bonchev–Trinajstić information content (AvgIpc) is 2.87. The number of nitrogens with zero attached hydrogens (tertiary/aromatic N) is 2. The van der Waals surface area contributed by atoms with Crippen molar-refractivity contribution in [2.75, 3.05) is 0 Å². The first kappa shape index (κ1) is 25.0. The summed E-state index contributed by atoms with van der Waals surface area (Å²) in [6.45, 7) is 3.75. The minimum absolute atomic E-state index is 0.00585. The number of aromatic nitrogens is 2. The van der Waals surface area contributed by atoms with Crippen molar-refractivity contribution in [3.05, 3.63) is 95.4 Å². The highest BCUT2D eigenvalue weighted by Crippen LogP contribution is 2.26. The summed E-state index contributed by atoms with van der Waals surface area (Å²) >= 11 is 0. The lowest BCUT2D eigenvalue weighted by Crippen LogP contribution is -2.26. The van der Waals surface area contributed by atoms with Gasteiger partial charge in [-0.2, -0.15) is 0 Å². The van der Waals surface area contributed by atoms with Gasteiger partial charge in [0, 0.05) is 17.5 Å². The number of hydrogen-bond donors (Lipinski definition) is 2. The summed E-state index contributed by atoms with van der Waals surface area (Å²) in [5.41, 5.74) is 4.97. The molecule has 0 unspecified atom stereocenters. The molecule has 2 N–H and O–H groups in total. The maximum absolute atomic E-state index is 13.2. The van der Waals surface area contributed by atoms with E-state index in [1.165, 1.54) is 12.1 Å². The van der Waals surface area contributed by atoms with Gasteiger partial charge < -0.3 is 10.4 Å². The number of fused-ring (bicyclic) bond motifs is 1. The van der Waals surface area contributed by atoms with Gasteiger partial charge in [0.1, 0.15) is 5.82 Å². The van der Waals surface area contributed by atoms with Gasteiger partial charge in [0.2, 0.25) is 0 Å². The summed E-state index contributed by atoms with van der Waals surface area (Å²) in [5.74, 6) is -1.41. The van der Waals surface area contributed by atoms with Crippen molar-refractivity contribution in [2.45, 2.75) is 39.2 Å². The molecule has 0 spiro atoms. The van der Waals surface area contributed by atoms with Crippen LogP contribution in [0.15, 0.2) is 72.8 Å². The number of carboxylic acids is 1. The third-order valence-corrected chi connectivity index (χ3v) is 6.16. The molecular formula is C29H28FN3O3. The minimum Gasteiger partial charge on any atom is -0.481 e. The van der Waals surface area contributed by atoms with Gasteiger partial charge in [-0.3, -0.25) is 9.59 Å². The van der Waals surface area contributed by atoms with Gasteiger partial charge in [0.15, 0.2) is 0 Å². The molecule has 4 aromatic rings. The van der Waals surface area contributed by atoms with Crippen LogP contribution in [-0.2, 0) is 11.2 Å². The van der Waals surface area contributed by atoms with E-state index >= 15 is 0 Å². The van der Waals surface area contributed by atoms with Crippen molar-refractivity contribution in [1.29, 1.82) is 0 Å². The average molecular weight is 486 g/mol. The van der Waals surface area contributed by atoms with Crippen LogP contribution < -0.4 is 5.32 Å². The Bertz CT molecular complexity index is 1370. The molecule has 1 aromatic heterocycles. The first-order valence-electron chi connectivity index (χ1n) is 11.9. The molecule has 0 aliphatic carbocycles. The van der Waals surface area contributed by atoms with E-state index in [0.29, 0.717) is 29.4 Å². The number of halogens is 1. The number of rotatable bonds is 9. The van der Waals surface area contributed by atoms with Gasteiger partial charge >= 0.3 is 5.97 Å². The number of nitrogens with one attached hydrogen (secondary N) is 1. The molecule has 0 fully saturated rings. The van der Waals surface area contributed by atoms with E-state index in [1.54, 1.807) is 30.3 Å². The number of amides is 1. The van der Waals surface area contributed by atoms with Crippen LogP contribution in [0.4, 0.5) is 4.39 Å². The molecule has 36 heavy (non-hydrogen) atoms. The van der Waals surface area contributed by atoms with Crippen molar-refractivity contribution >= 4 is 22.9 Å². The van der Waals surface area contributed by atoms with Crippen LogP contribution in [0.3, 0.4) is 0 Å². The summed E-state index contributed by atoms with van der Waals surface area (Å²) in [7, 11) is 0. The van der Waals surface area contributed by atoms with E-state index in [1.807, 2.05) is 44.2 Å². The molecule has 4 rings (SSSR count). The van der Waals surface area contributed by atoms with Crippen LogP contribution in [0.5, 0.6) is 0 Å². The normalized spacial score (nSPS) is 12.8. The lowest BCUT2D eigenvalue weighted by atomic mass is 9.98. The molecule has 2 atom stereocenters. The Balaban J connectivity index is 1.62. The standard InChI is InChI=1S/C29H28FN3O3/c1-18(16-27(34)35)8-14-25-28(21-6-4-3-5-7-21)33-24-15-11-22(17-26(24)32-25)29(36)31-19(2)20-9-12-23(30)13-10-20/h3-7,9-13,15,17-19H,8,14,16H2,1-2H3,(H,31,36)(H,34,35)/t18-,19+/m0/s1. The van der Waals surface area contributed by atoms with Gasteiger partial charge in [0.05, 0.1) is 28.5 Å². The number of aliphatic carboxylic acids is 1. The second-order valence-electron chi connectivity index (χ2n) is 9.08. The number of carbonyl (C=O) groups excluding carboxylic acids is 1. The lowest BCUT2D eigenvalue weighted by Gasteiger charge is -2.15. The molecule has 0 saturated heterocycles. The summed E-state index contributed by atoms with van der Waals surface area (Å²) in [6, 6.07) is 20.7. The van der Waals surface area contributed by atoms with Crippen molar-refractivity contribution < 1.29 is 19.1 Å². The minimum atomic E-state index is -0.819. The highest BCUT2D eigenvalue weighted by molar-refractivity contribution is 5.97. The quantitative estimate of drug-likeness (QED) is 0.305.